The average Bonchev–Trinajstić information content (AvgIpc) is 3.31. The van der Waals surface area contributed by atoms with Crippen LogP contribution < -0.4 is 19.1 Å². The van der Waals surface area contributed by atoms with Crippen LogP contribution in [0.15, 0.2) is 46.5 Å². The summed E-state index contributed by atoms with van der Waals surface area (Å²) in [6.45, 7) is 8.39. The standard InChI is InChI=1S/C26H32N4O5S/c1-7-29(8-2)19-11-10-17(22(15-19)35-6)14-23(25(31)32)36-26-28-27-24(30(26)9-3)18-12-20(33-4)16-21(13-18)34-5/h10-16H,7-9H2,1-6H3,(H,31,32)/b23-14-. The van der Waals surface area contributed by atoms with Crippen LogP contribution in [0.1, 0.15) is 26.3 Å². The van der Waals surface area contributed by atoms with Gasteiger partial charge in [-0.05, 0) is 62.9 Å². The smallest absolute Gasteiger partial charge is 0.342 e. The zero-order chi connectivity index (χ0) is 26.2. The summed E-state index contributed by atoms with van der Waals surface area (Å²) in [5, 5.41) is 19.1. The quantitative estimate of drug-likeness (QED) is 0.264. The van der Waals surface area contributed by atoms with Crippen LogP contribution >= 0.6 is 11.8 Å². The highest BCUT2D eigenvalue weighted by molar-refractivity contribution is 8.04. The van der Waals surface area contributed by atoms with Crippen molar-refractivity contribution in [2.75, 3.05) is 39.3 Å². The summed E-state index contributed by atoms with van der Waals surface area (Å²) < 4.78 is 18.2. The van der Waals surface area contributed by atoms with Gasteiger partial charge in [-0.2, -0.15) is 0 Å². The van der Waals surface area contributed by atoms with E-state index in [1.165, 1.54) is 0 Å². The molecule has 36 heavy (non-hydrogen) atoms. The van der Waals surface area contributed by atoms with Crippen LogP contribution in [0, 0.1) is 0 Å². The summed E-state index contributed by atoms with van der Waals surface area (Å²) in [5.41, 5.74) is 2.43. The van der Waals surface area contributed by atoms with Gasteiger partial charge >= 0.3 is 5.97 Å². The number of hydrogen-bond donors (Lipinski definition) is 1. The fourth-order valence-electron chi connectivity index (χ4n) is 3.78. The van der Waals surface area contributed by atoms with Crippen molar-refractivity contribution in [3.8, 4) is 28.6 Å². The van der Waals surface area contributed by atoms with Gasteiger partial charge in [-0.3, -0.25) is 0 Å². The molecule has 0 saturated carbocycles. The number of carboxylic acid groups (broad SMARTS) is 1. The van der Waals surface area contributed by atoms with Gasteiger partial charge in [-0.15, -0.1) is 10.2 Å². The SMILES string of the molecule is CCN(CC)c1ccc(/C=C(\Sc2nnc(-c3cc(OC)cc(OC)c3)n2CC)C(=O)O)c(OC)c1. The van der Waals surface area contributed by atoms with E-state index in [2.05, 4.69) is 28.9 Å². The van der Waals surface area contributed by atoms with E-state index in [-0.39, 0.29) is 4.91 Å². The fourth-order valence-corrected chi connectivity index (χ4v) is 4.66. The number of nitrogens with zero attached hydrogens (tertiary/aromatic N) is 4. The highest BCUT2D eigenvalue weighted by atomic mass is 32.2. The Hall–Kier alpha value is -3.66. The van der Waals surface area contributed by atoms with Gasteiger partial charge in [0.2, 0.25) is 0 Å². The molecule has 1 N–H and O–H groups in total. The lowest BCUT2D eigenvalue weighted by Gasteiger charge is -2.22. The third kappa shape index (κ3) is 5.93. The minimum absolute atomic E-state index is 0.0979. The highest BCUT2D eigenvalue weighted by Crippen LogP contribution is 2.35. The maximum Gasteiger partial charge on any atom is 0.342 e. The van der Waals surface area contributed by atoms with Gasteiger partial charge in [0.05, 0.1) is 21.3 Å². The average molecular weight is 513 g/mol. The molecule has 0 amide bonds. The molecule has 3 aromatic rings. The third-order valence-corrected chi connectivity index (χ3v) is 6.68. The molecule has 0 saturated heterocycles. The Balaban J connectivity index is 2.00. The second-order valence-electron chi connectivity index (χ2n) is 7.67. The molecule has 0 aliphatic rings. The van der Waals surface area contributed by atoms with Gasteiger partial charge in [-0.25, -0.2) is 4.79 Å². The second-order valence-corrected chi connectivity index (χ2v) is 8.68. The van der Waals surface area contributed by atoms with E-state index in [1.807, 2.05) is 41.8 Å². The molecule has 10 heteroatoms. The molecule has 0 spiro atoms. The summed E-state index contributed by atoms with van der Waals surface area (Å²) in [6, 6.07) is 11.2. The molecule has 1 heterocycles. The van der Waals surface area contributed by atoms with Crippen LogP contribution in [-0.4, -0.2) is 60.3 Å². The lowest BCUT2D eigenvalue weighted by molar-refractivity contribution is -0.131. The van der Waals surface area contributed by atoms with E-state index in [0.717, 1.165) is 36.1 Å². The van der Waals surface area contributed by atoms with Crippen LogP contribution in [0.2, 0.25) is 0 Å². The van der Waals surface area contributed by atoms with Crippen LogP contribution in [-0.2, 0) is 11.3 Å². The Labute approximate surface area is 215 Å². The normalized spacial score (nSPS) is 11.3. The first kappa shape index (κ1) is 26.9. The monoisotopic (exact) mass is 512 g/mol. The largest absolute Gasteiger partial charge is 0.497 e. The number of hydrogen-bond acceptors (Lipinski definition) is 8. The van der Waals surface area contributed by atoms with Crippen molar-refractivity contribution in [2.45, 2.75) is 32.5 Å². The Bertz CT molecular complexity index is 1210. The maximum atomic E-state index is 12.2. The van der Waals surface area contributed by atoms with Crippen LogP contribution in [0.5, 0.6) is 17.2 Å². The number of benzene rings is 2. The van der Waals surface area contributed by atoms with E-state index in [1.54, 1.807) is 33.5 Å². The minimum atomic E-state index is -1.06. The molecule has 0 aliphatic heterocycles. The lowest BCUT2D eigenvalue weighted by atomic mass is 10.1. The third-order valence-electron chi connectivity index (χ3n) is 5.69. The molecule has 0 radical (unpaired) electrons. The van der Waals surface area contributed by atoms with Crippen molar-refractivity contribution in [1.29, 1.82) is 0 Å². The van der Waals surface area contributed by atoms with Gasteiger partial charge in [0.25, 0.3) is 0 Å². The molecule has 9 nitrogen and oxygen atoms in total. The van der Waals surface area contributed by atoms with Crippen molar-refractivity contribution in [3.63, 3.8) is 0 Å². The molecule has 1 aromatic heterocycles. The van der Waals surface area contributed by atoms with Crippen molar-refractivity contribution in [3.05, 3.63) is 46.9 Å². The molecule has 3 rings (SSSR count). The molecule has 192 valence electrons. The van der Waals surface area contributed by atoms with Gasteiger partial charge in [0.15, 0.2) is 11.0 Å². The number of anilines is 1. The summed E-state index contributed by atoms with van der Waals surface area (Å²) in [7, 11) is 4.74. The molecule has 0 aliphatic carbocycles. The summed E-state index contributed by atoms with van der Waals surface area (Å²) >= 11 is 1.04. The van der Waals surface area contributed by atoms with Crippen molar-refractivity contribution in [2.24, 2.45) is 0 Å². The number of methoxy groups -OCH3 is 3. The molecular weight excluding hydrogens is 480 g/mol. The van der Waals surface area contributed by atoms with Crippen LogP contribution in [0.3, 0.4) is 0 Å². The van der Waals surface area contributed by atoms with E-state index < -0.39 is 5.97 Å². The van der Waals surface area contributed by atoms with Gasteiger partial charge in [0, 0.05) is 48.6 Å². The van der Waals surface area contributed by atoms with Crippen LogP contribution in [0.4, 0.5) is 5.69 Å². The number of carbonyl (C=O) groups is 1. The molecule has 0 unspecified atom stereocenters. The van der Waals surface area contributed by atoms with Crippen molar-refractivity contribution < 1.29 is 24.1 Å². The summed E-state index contributed by atoms with van der Waals surface area (Å²) in [6.07, 6.45) is 1.60. The minimum Gasteiger partial charge on any atom is -0.497 e. The second kappa shape index (κ2) is 12.3. The number of thioether (sulfide) groups is 1. The number of ether oxygens (including phenoxy) is 3. The number of aromatic nitrogens is 3. The Morgan fingerprint density at radius 3 is 2.19 bits per heavy atom. The van der Waals surface area contributed by atoms with Gasteiger partial charge in [0.1, 0.15) is 22.2 Å². The highest BCUT2D eigenvalue weighted by Gasteiger charge is 2.20. The molecule has 0 bridgehead atoms. The van der Waals surface area contributed by atoms with Gasteiger partial charge < -0.3 is 28.8 Å². The first-order valence-electron chi connectivity index (χ1n) is 11.6. The summed E-state index contributed by atoms with van der Waals surface area (Å²) in [4.78, 5) is 14.5. The number of carboxylic acids is 1. The molecule has 0 fully saturated rings. The van der Waals surface area contributed by atoms with Gasteiger partial charge in [-0.1, -0.05) is 0 Å². The topological polar surface area (TPSA) is 98.9 Å². The zero-order valence-corrected chi connectivity index (χ0v) is 22.3. The molecule has 2 aromatic carbocycles. The molecule has 0 atom stereocenters. The predicted molar refractivity (Wildman–Crippen MR) is 142 cm³/mol. The number of aliphatic carboxylic acids is 1. The Kier molecular flexibility index (Phi) is 9.24. The summed E-state index contributed by atoms with van der Waals surface area (Å²) in [5.74, 6) is 1.36. The van der Waals surface area contributed by atoms with E-state index >= 15 is 0 Å². The maximum absolute atomic E-state index is 12.2. The van der Waals surface area contributed by atoms with Crippen LogP contribution in [0.25, 0.3) is 17.5 Å². The first-order chi connectivity index (χ1) is 17.4. The zero-order valence-electron chi connectivity index (χ0n) is 21.4. The number of rotatable bonds is 12. The Morgan fingerprint density at radius 1 is 1.00 bits per heavy atom. The first-order valence-corrected chi connectivity index (χ1v) is 12.4. The predicted octanol–water partition coefficient (Wildman–Crippen LogP) is 5.05. The fraction of sp³-hybridized carbons (Fsp3) is 0.346. The van der Waals surface area contributed by atoms with E-state index in [4.69, 9.17) is 14.2 Å². The van der Waals surface area contributed by atoms with E-state index in [0.29, 0.717) is 40.3 Å². The Morgan fingerprint density at radius 2 is 1.67 bits per heavy atom. The lowest BCUT2D eigenvalue weighted by Crippen LogP contribution is -2.21. The van der Waals surface area contributed by atoms with Crippen molar-refractivity contribution >= 4 is 29.5 Å². The molecular formula is C26H32N4O5S. The van der Waals surface area contributed by atoms with Crippen molar-refractivity contribution in [1.82, 2.24) is 14.8 Å². The van der Waals surface area contributed by atoms with E-state index in [9.17, 15) is 9.90 Å².